The predicted octanol–water partition coefficient (Wildman–Crippen LogP) is 2.20. The lowest BCUT2D eigenvalue weighted by Gasteiger charge is -2.04. The van der Waals surface area contributed by atoms with Gasteiger partial charge in [-0.1, -0.05) is 11.6 Å². The van der Waals surface area contributed by atoms with Crippen LogP contribution in [0.3, 0.4) is 0 Å². The first-order valence-electron chi connectivity index (χ1n) is 3.23. The Morgan fingerprint density at radius 2 is 2.25 bits per heavy atom. The third-order valence-corrected chi connectivity index (χ3v) is 2.02. The first-order valence-corrected chi connectivity index (χ1v) is 4.72. The maximum atomic E-state index is 10.4. The third-order valence-electron chi connectivity index (χ3n) is 1.39. The Hall–Kier alpha value is -0.580. The van der Waals surface area contributed by atoms with Crippen LogP contribution in [-0.4, -0.2) is 8.76 Å². The van der Waals surface area contributed by atoms with E-state index in [0.717, 1.165) is 5.56 Å². The summed E-state index contributed by atoms with van der Waals surface area (Å²) in [5, 5.41) is 0.613. The van der Waals surface area contributed by atoms with E-state index in [4.69, 9.17) is 16.2 Å². The number of hydrogen-bond acceptors (Lipinski definition) is 1. The van der Waals surface area contributed by atoms with E-state index in [1.807, 2.05) is 0 Å². The van der Waals surface area contributed by atoms with E-state index in [0.29, 0.717) is 10.7 Å². The van der Waals surface area contributed by atoms with Gasteiger partial charge in [0.2, 0.25) is 0 Å². The van der Waals surface area contributed by atoms with Crippen molar-refractivity contribution in [3.8, 4) is 0 Å². The maximum absolute atomic E-state index is 10.4. The number of halogens is 1. The lowest BCUT2D eigenvalue weighted by atomic mass is 10.2. The minimum Gasteiger partial charge on any atom is -0.289 e. The van der Waals surface area contributed by atoms with Gasteiger partial charge in [-0.15, -0.1) is 0 Å². The van der Waals surface area contributed by atoms with Crippen LogP contribution >= 0.6 is 11.6 Å². The molecule has 1 atom stereocenters. The number of benzene rings is 1. The molecule has 1 aromatic rings. The Balaban J connectivity index is 2.93. The van der Waals surface area contributed by atoms with E-state index in [2.05, 4.69) is 4.72 Å². The Morgan fingerprint density at radius 3 is 2.75 bits per heavy atom. The normalized spacial score (nSPS) is 12.6. The third kappa shape index (κ3) is 2.48. The summed E-state index contributed by atoms with van der Waals surface area (Å²) in [4.78, 5) is 0. The van der Waals surface area contributed by atoms with Crippen molar-refractivity contribution in [2.75, 3.05) is 4.72 Å². The average molecular weight is 206 g/mol. The van der Waals surface area contributed by atoms with Crippen molar-refractivity contribution in [1.29, 1.82) is 0 Å². The Labute approximate surface area is 78.2 Å². The fraction of sp³-hybridized carbons (Fsp3) is 0.143. The molecule has 3 nitrogen and oxygen atoms in total. The molecule has 1 aromatic carbocycles. The molecule has 0 heterocycles. The number of aryl methyl sites for hydroxylation is 1. The number of anilines is 1. The highest BCUT2D eigenvalue weighted by atomic mass is 35.5. The van der Waals surface area contributed by atoms with Crippen molar-refractivity contribution in [2.24, 2.45) is 0 Å². The largest absolute Gasteiger partial charge is 0.289 e. The highest BCUT2D eigenvalue weighted by Gasteiger charge is 1.99. The molecule has 2 N–H and O–H groups in total. The number of hydrogen-bond donors (Lipinski definition) is 2. The first kappa shape index (κ1) is 9.51. The zero-order valence-electron chi connectivity index (χ0n) is 6.37. The number of rotatable bonds is 2. The molecule has 66 valence electrons. The molecule has 0 aromatic heterocycles. The van der Waals surface area contributed by atoms with Crippen LogP contribution in [0.1, 0.15) is 5.56 Å². The van der Waals surface area contributed by atoms with Crippen LogP contribution in [0.5, 0.6) is 0 Å². The summed E-state index contributed by atoms with van der Waals surface area (Å²) in [6.45, 7) is 1.81. The smallest absolute Gasteiger partial charge is 0.259 e. The van der Waals surface area contributed by atoms with Gasteiger partial charge >= 0.3 is 0 Å². The summed E-state index contributed by atoms with van der Waals surface area (Å²) < 4.78 is 21.3. The topological polar surface area (TPSA) is 49.3 Å². The van der Waals surface area contributed by atoms with Crippen molar-refractivity contribution < 1.29 is 8.76 Å². The van der Waals surface area contributed by atoms with Crippen LogP contribution in [0, 0.1) is 6.92 Å². The standard InChI is InChI=1S/C7H8ClNO2S/c1-5-4-6(8)2-3-7(5)9-12(10)11/h2-4,9H,1H3,(H,10,11). The zero-order valence-corrected chi connectivity index (χ0v) is 7.95. The molecule has 0 amide bonds. The first-order chi connectivity index (χ1) is 5.59. The predicted molar refractivity (Wildman–Crippen MR) is 50.6 cm³/mol. The van der Waals surface area contributed by atoms with E-state index < -0.39 is 11.3 Å². The molecule has 1 unspecified atom stereocenters. The van der Waals surface area contributed by atoms with Gasteiger partial charge in [0.05, 0.1) is 5.69 Å². The van der Waals surface area contributed by atoms with Gasteiger partial charge in [0.25, 0.3) is 11.3 Å². The van der Waals surface area contributed by atoms with E-state index >= 15 is 0 Å². The lowest BCUT2D eigenvalue weighted by Crippen LogP contribution is -2.02. The van der Waals surface area contributed by atoms with Gasteiger partial charge < -0.3 is 0 Å². The summed E-state index contributed by atoms with van der Waals surface area (Å²) in [7, 11) is 0. The molecule has 0 spiro atoms. The van der Waals surface area contributed by atoms with Crippen LogP contribution in [0.15, 0.2) is 18.2 Å². The SMILES string of the molecule is Cc1cc(Cl)ccc1NS(=O)O. The Bertz CT molecular complexity index is 316. The number of nitrogens with one attached hydrogen (secondary N) is 1. The second-order valence-electron chi connectivity index (χ2n) is 2.31. The highest BCUT2D eigenvalue weighted by Crippen LogP contribution is 2.19. The fourth-order valence-corrected chi connectivity index (χ4v) is 1.48. The Morgan fingerprint density at radius 1 is 1.58 bits per heavy atom. The molecule has 0 saturated carbocycles. The highest BCUT2D eigenvalue weighted by molar-refractivity contribution is 7.80. The van der Waals surface area contributed by atoms with E-state index in [9.17, 15) is 4.21 Å². The molecule has 5 heteroatoms. The molecule has 0 aliphatic heterocycles. The average Bonchev–Trinajstić information content (AvgIpc) is 1.94. The van der Waals surface area contributed by atoms with Gasteiger partial charge in [0.15, 0.2) is 0 Å². The molecule has 0 aliphatic rings. The maximum Gasteiger partial charge on any atom is 0.259 e. The molecule has 0 aliphatic carbocycles. The van der Waals surface area contributed by atoms with Crippen LogP contribution in [0.25, 0.3) is 0 Å². The molecular weight excluding hydrogens is 198 g/mol. The molecule has 1 rings (SSSR count). The molecular formula is C7H8ClNO2S. The molecule has 0 fully saturated rings. The summed E-state index contributed by atoms with van der Waals surface area (Å²) >= 11 is 3.66. The molecule has 0 saturated heterocycles. The van der Waals surface area contributed by atoms with E-state index in [1.165, 1.54) is 0 Å². The molecule has 0 radical (unpaired) electrons. The van der Waals surface area contributed by atoms with Gasteiger partial charge in [0, 0.05) is 5.02 Å². The summed E-state index contributed by atoms with van der Waals surface area (Å²) in [6.07, 6.45) is 0. The summed E-state index contributed by atoms with van der Waals surface area (Å²) in [5.74, 6) is 0. The van der Waals surface area contributed by atoms with Crippen molar-refractivity contribution in [3.05, 3.63) is 28.8 Å². The quantitative estimate of drug-likeness (QED) is 0.728. The second-order valence-corrected chi connectivity index (χ2v) is 3.45. The van der Waals surface area contributed by atoms with Gasteiger partial charge in [-0.05, 0) is 30.7 Å². The van der Waals surface area contributed by atoms with Gasteiger partial charge in [-0.3, -0.25) is 9.27 Å². The second kappa shape index (κ2) is 3.89. The Kier molecular flexibility index (Phi) is 3.08. The van der Waals surface area contributed by atoms with Crippen molar-refractivity contribution >= 4 is 28.6 Å². The zero-order chi connectivity index (χ0) is 9.14. The van der Waals surface area contributed by atoms with E-state index in [1.54, 1.807) is 25.1 Å². The van der Waals surface area contributed by atoms with Crippen molar-refractivity contribution in [3.63, 3.8) is 0 Å². The van der Waals surface area contributed by atoms with Crippen LogP contribution in [0.2, 0.25) is 5.02 Å². The van der Waals surface area contributed by atoms with Gasteiger partial charge in [0.1, 0.15) is 0 Å². The molecule has 0 bridgehead atoms. The van der Waals surface area contributed by atoms with Gasteiger partial charge in [-0.2, -0.15) is 0 Å². The van der Waals surface area contributed by atoms with Gasteiger partial charge in [-0.25, -0.2) is 4.21 Å². The monoisotopic (exact) mass is 205 g/mol. The lowest BCUT2D eigenvalue weighted by molar-refractivity contribution is 0.570. The van der Waals surface area contributed by atoms with Crippen LogP contribution < -0.4 is 4.72 Å². The minimum atomic E-state index is -2.03. The summed E-state index contributed by atoms with van der Waals surface area (Å²) in [5.41, 5.74) is 1.45. The minimum absolute atomic E-state index is 0.611. The van der Waals surface area contributed by atoms with E-state index in [-0.39, 0.29) is 0 Å². The fourth-order valence-electron chi connectivity index (χ4n) is 0.836. The van der Waals surface area contributed by atoms with Crippen LogP contribution in [-0.2, 0) is 11.3 Å². The summed E-state index contributed by atoms with van der Waals surface area (Å²) in [6, 6.07) is 5.03. The van der Waals surface area contributed by atoms with Crippen molar-refractivity contribution in [1.82, 2.24) is 0 Å². The van der Waals surface area contributed by atoms with Crippen LogP contribution in [0.4, 0.5) is 5.69 Å². The molecule has 12 heavy (non-hydrogen) atoms. The van der Waals surface area contributed by atoms with Crippen molar-refractivity contribution in [2.45, 2.75) is 6.92 Å².